The Morgan fingerprint density at radius 3 is 2.38 bits per heavy atom. The van der Waals surface area contributed by atoms with Crippen LogP contribution in [0.1, 0.15) is 11.1 Å². The van der Waals surface area contributed by atoms with E-state index in [-0.39, 0.29) is 11.4 Å². The van der Waals surface area contributed by atoms with Gasteiger partial charge in [0.2, 0.25) is 0 Å². The van der Waals surface area contributed by atoms with Crippen molar-refractivity contribution in [2.45, 2.75) is 12.6 Å². The van der Waals surface area contributed by atoms with Crippen molar-refractivity contribution in [2.75, 3.05) is 11.9 Å². The van der Waals surface area contributed by atoms with E-state index in [9.17, 15) is 22.8 Å². The Morgan fingerprint density at radius 1 is 1.04 bits per heavy atom. The maximum absolute atomic E-state index is 12.9. The van der Waals surface area contributed by atoms with Gasteiger partial charge in [-0.25, -0.2) is 0 Å². The van der Waals surface area contributed by atoms with Crippen molar-refractivity contribution in [3.63, 3.8) is 0 Å². The molecule has 1 N–H and O–H groups in total. The molecule has 2 rings (SSSR count). The number of nitrogens with one attached hydrogen (secondary N) is 1. The summed E-state index contributed by atoms with van der Waals surface area (Å²) in [5, 5.41) is 2.67. The van der Waals surface area contributed by atoms with Crippen molar-refractivity contribution in [3.8, 4) is 0 Å². The first-order valence-corrected chi connectivity index (χ1v) is 7.98. The molecule has 0 heterocycles. The van der Waals surface area contributed by atoms with Crippen LogP contribution in [0.4, 0.5) is 18.9 Å². The number of esters is 1. The van der Waals surface area contributed by atoms with Crippen LogP contribution in [-0.2, 0) is 26.9 Å². The van der Waals surface area contributed by atoms with Gasteiger partial charge >= 0.3 is 12.1 Å². The van der Waals surface area contributed by atoms with E-state index >= 15 is 0 Å². The Hall–Kier alpha value is -2.25. The number of halogens is 5. The van der Waals surface area contributed by atoms with Crippen molar-refractivity contribution in [1.82, 2.24) is 0 Å². The number of alkyl halides is 3. The fourth-order valence-corrected chi connectivity index (χ4v) is 2.36. The summed E-state index contributed by atoms with van der Waals surface area (Å²) in [7, 11) is 0. The molecule has 2 aromatic rings. The third kappa shape index (κ3) is 5.64. The van der Waals surface area contributed by atoms with Crippen LogP contribution >= 0.6 is 23.2 Å². The maximum Gasteiger partial charge on any atom is 0.418 e. The number of hydrogen-bond acceptors (Lipinski definition) is 3. The number of hydrogen-bond donors (Lipinski definition) is 1. The number of para-hydroxylation sites is 1. The van der Waals surface area contributed by atoms with Gasteiger partial charge < -0.3 is 10.1 Å². The standard InChI is InChI=1S/C17H12Cl2F3NO3/c18-12-6-5-10(7-13(12)19)8-16(25)26-9-15(24)23-14-4-2-1-3-11(14)17(20,21)22/h1-7H,8-9H2,(H,23,24). The highest BCUT2D eigenvalue weighted by Gasteiger charge is 2.33. The Bertz CT molecular complexity index is 825. The van der Waals surface area contributed by atoms with E-state index in [1.165, 1.54) is 24.3 Å². The number of amides is 1. The van der Waals surface area contributed by atoms with Crippen molar-refractivity contribution in [2.24, 2.45) is 0 Å². The molecule has 0 bridgehead atoms. The Morgan fingerprint density at radius 2 is 1.73 bits per heavy atom. The van der Waals surface area contributed by atoms with E-state index in [1.54, 1.807) is 6.07 Å². The van der Waals surface area contributed by atoms with Crippen molar-refractivity contribution in [1.29, 1.82) is 0 Å². The van der Waals surface area contributed by atoms with Gasteiger partial charge in [-0.2, -0.15) is 13.2 Å². The van der Waals surface area contributed by atoms with E-state index in [0.29, 0.717) is 10.6 Å². The number of carbonyl (C=O) groups is 2. The van der Waals surface area contributed by atoms with Gasteiger partial charge in [0.25, 0.3) is 5.91 Å². The number of anilines is 1. The largest absolute Gasteiger partial charge is 0.455 e. The molecule has 0 radical (unpaired) electrons. The number of carbonyl (C=O) groups excluding carboxylic acids is 2. The van der Waals surface area contributed by atoms with Gasteiger partial charge in [0.05, 0.1) is 27.7 Å². The fraction of sp³-hybridized carbons (Fsp3) is 0.176. The van der Waals surface area contributed by atoms with Crippen LogP contribution in [0.5, 0.6) is 0 Å². The normalized spacial score (nSPS) is 11.1. The van der Waals surface area contributed by atoms with E-state index in [2.05, 4.69) is 5.32 Å². The molecule has 0 unspecified atom stereocenters. The number of ether oxygens (including phenoxy) is 1. The fourth-order valence-electron chi connectivity index (χ4n) is 2.04. The van der Waals surface area contributed by atoms with Crippen LogP contribution < -0.4 is 5.32 Å². The van der Waals surface area contributed by atoms with E-state index in [4.69, 9.17) is 27.9 Å². The summed E-state index contributed by atoms with van der Waals surface area (Å²) < 4.78 is 43.3. The monoisotopic (exact) mass is 405 g/mol. The van der Waals surface area contributed by atoms with Crippen molar-refractivity contribution < 1.29 is 27.5 Å². The van der Waals surface area contributed by atoms with E-state index in [1.807, 2.05) is 0 Å². The Balaban J connectivity index is 1.91. The summed E-state index contributed by atoms with van der Waals surface area (Å²) in [6, 6.07) is 9.05. The van der Waals surface area contributed by atoms with Crippen LogP contribution in [0.3, 0.4) is 0 Å². The van der Waals surface area contributed by atoms with Gasteiger partial charge in [-0.3, -0.25) is 9.59 Å². The lowest BCUT2D eigenvalue weighted by molar-refractivity contribution is -0.146. The topological polar surface area (TPSA) is 55.4 Å². The number of rotatable bonds is 5. The maximum atomic E-state index is 12.9. The van der Waals surface area contributed by atoms with Crippen LogP contribution in [0.15, 0.2) is 42.5 Å². The van der Waals surface area contributed by atoms with Crippen LogP contribution in [0.2, 0.25) is 10.0 Å². The first-order valence-electron chi connectivity index (χ1n) is 7.22. The quantitative estimate of drug-likeness (QED) is 0.731. The average molecular weight is 406 g/mol. The first kappa shape index (κ1) is 20.1. The van der Waals surface area contributed by atoms with Crippen LogP contribution in [0.25, 0.3) is 0 Å². The molecule has 0 spiro atoms. The molecule has 0 fully saturated rings. The van der Waals surface area contributed by atoms with E-state index < -0.39 is 35.9 Å². The third-order valence-corrected chi connectivity index (χ3v) is 3.94. The molecule has 0 saturated heterocycles. The molecule has 1 amide bonds. The molecule has 0 aromatic heterocycles. The highest BCUT2D eigenvalue weighted by atomic mass is 35.5. The lowest BCUT2D eigenvalue weighted by Crippen LogP contribution is -2.23. The van der Waals surface area contributed by atoms with Crippen LogP contribution in [0, 0.1) is 0 Å². The van der Waals surface area contributed by atoms with Gasteiger partial charge in [-0.15, -0.1) is 0 Å². The zero-order chi connectivity index (χ0) is 19.3. The summed E-state index contributed by atoms with van der Waals surface area (Å²) in [4.78, 5) is 23.5. The molecular weight excluding hydrogens is 394 g/mol. The molecule has 9 heteroatoms. The molecule has 0 aliphatic rings. The van der Waals surface area contributed by atoms with Crippen LogP contribution in [-0.4, -0.2) is 18.5 Å². The third-order valence-electron chi connectivity index (χ3n) is 3.20. The van der Waals surface area contributed by atoms with Gasteiger partial charge in [0, 0.05) is 0 Å². The van der Waals surface area contributed by atoms with Gasteiger partial charge in [-0.1, -0.05) is 41.4 Å². The summed E-state index contributed by atoms with van der Waals surface area (Å²) in [6.07, 6.45) is -4.78. The van der Waals surface area contributed by atoms with Crippen molar-refractivity contribution >= 4 is 40.8 Å². The molecule has 0 aliphatic carbocycles. The smallest absolute Gasteiger partial charge is 0.418 e. The lowest BCUT2D eigenvalue weighted by Gasteiger charge is -2.13. The second-order valence-electron chi connectivity index (χ2n) is 5.18. The second-order valence-corrected chi connectivity index (χ2v) is 5.99. The van der Waals surface area contributed by atoms with Gasteiger partial charge in [0.15, 0.2) is 6.61 Å². The molecule has 138 valence electrons. The highest BCUT2D eigenvalue weighted by molar-refractivity contribution is 6.42. The molecule has 2 aromatic carbocycles. The zero-order valence-electron chi connectivity index (χ0n) is 13.1. The minimum Gasteiger partial charge on any atom is -0.455 e. The highest BCUT2D eigenvalue weighted by Crippen LogP contribution is 2.34. The molecule has 26 heavy (non-hydrogen) atoms. The average Bonchev–Trinajstić information content (AvgIpc) is 2.56. The molecule has 0 saturated carbocycles. The molecule has 4 nitrogen and oxygen atoms in total. The van der Waals surface area contributed by atoms with Gasteiger partial charge in [0.1, 0.15) is 0 Å². The summed E-state index contributed by atoms with van der Waals surface area (Å²) in [5.74, 6) is -1.62. The first-order chi connectivity index (χ1) is 12.2. The zero-order valence-corrected chi connectivity index (χ0v) is 14.6. The lowest BCUT2D eigenvalue weighted by atomic mass is 10.1. The predicted molar refractivity (Wildman–Crippen MR) is 91.2 cm³/mol. The Kier molecular flexibility index (Phi) is 6.50. The second kappa shape index (κ2) is 8.42. The predicted octanol–water partition coefficient (Wildman–Crippen LogP) is 4.74. The van der Waals surface area contributed by atoms with Crippen molar-refractivity contribution in [3.05, 3.63) is 63.6 Å². The SMILES string of the molecule is O=C(COC(=O)Cc1ccc(Cl)c(Cl)c1)Nc1ccccc1C(F)(F)F. The summed E-state index contributed by atoms with van der Waals surface area (Å²) in [6.45, 7) is -0.716. The summed E-state index contributed by atoms with van der Waals surface area (Å²) in [5.41, 5.74) is -0.881. The van der Waals surface area contributed by atoms with E-state index in [0.717, 1.165) is 12.1 Å². The minimum atomic E-state index is -4.62. The molecule has 0 atom stereocenters. The van der Waals surface area contributed by atoms with Gasteiger partial charge in [-0.05, 0) is 29.8 Å². The summed E-state index contributed by atoms with van der Waals surface area (Å²) >= 11 is 11.6. The minimum absolute atomic E-state index is 0.163. The molecular formula is C17H12Cl2F3NO3. The molecule has 0 aliphatic heterocycles. The number of benzene rings is 2. The Labute approximate surface area is 156 Å².